The maximum Gasteiger partial charge on any atom is 0.404 e. The SMILES string of the molecule is Cl.O.O=C(O)NC1CC2(CCN(c3cc(-c4ccc(F)cc4)ccn3)CC2)C1. The van der Waals surface area contributed by atoms with E-state index in [1.807, 2.05) is 6.07 Å². The van der Waals surface area contributed by atoms with Gasteiger partial charge in [-0.25, -0.2) is 14.2 Å². The lowest BCUT2D eigenvalue weighted by molar-refractivity contribution is 0.0529. The van der Waals surface area contributed by atoms with E-state index in [-0.39, 0.29) is 35.2 Å². The van der Waals surface area contributed by atoms with Crippen LogP contribution in [0, 0.1) is 11.2 Å². The first kappa shape index (κ1) is 21.9. The molecular weight excluding hydrogens is 385 g/mol. The second-order valence-corrected chi connectivity index (χ2v) is 7.45. The van der Waals surface area contributed by atoms with Gasteiger partial charge in [0, 0.05) is 25.3 Å². The molecule has 0 radical (unpaired) electrons. The zero-order valence-corrected chi connectivity index (χ0v) is 16.2. The maximum atomic E-state index is 13.1. The van der Waals surface area contributed by atoms with Gasteiger partial charge in [0.25, 0.3) is 0 Å². The van der Waals surface area contributed by atoms with Crippen LogP contribution in [0.15, 0.2) is 42.6 Å². The highest BCUT2D eigenvalue weighted by atomic mass is 35.5. The number of aromatic nitrogens is 1. The van der Waals surface area contributed by atoms with Crippen molar-refractivity contribution in [2.75, 3.05) is 18.0 Å². The average Bonchev–Trinajstić information content (AvgIpc) is 2.61. The van der Waals surface area contributed by atoms with Crippen LogP contribution in [0.2, 0.25) is 0 Å². The first-order valence-electron chi connectivity index (χ1n) is 8.99. The molecule has 2 aliphatic rings. The van der Waals surface area contributed by atoms with E-state index in [0.717, 1.165) is 55.7 Å². The maximum absolute atomic E-state index is 13.1. The fraction of sp³-hybridized carbons (Fsp3) is 0.400. The molecule has 0 bridgehead atoms. The van der Waals surface area contributed by atoms with Crippen LogP contribution in [-0.4, -0.2) is 40.8 Å². The number of anilines is 1. The quantitative estimate of drug-likeness (QED) is 0.810. The van der Waals surface area contributed by atoms with E-state index in [1.54, 1.807) is 18.3 Å². The van der Waals surface area contributed by atoms with Crippen molar-refractivity contribution in [1.29, 1.82) is 0 Å². The molecule has 28 heavy (non-hydrogen) atoms. The number of hydrogen-bond donors (Lipinski definition) is 2. The molecular formula is C20H25ClFN3O3. The Kier molecular flexibility index (Phi) is 6.85. The Bertz CT molecular complexity index is 803. The molecule has 6 nitrogen and oxygen atoms in total. The number of nitrogens with one attached hydrogen (secondary N) is 1. The summed E-state index contributed by atoms with van der Waals surface area (Å²) in [6, 6.07) is 10.6. The van der Waals surface area contributed by atoms with Gasteiger partial charge in [-0.1, -0.05) is 12.1 Å². The zero-order valence-electron chi connectivity index (χ0n) is 15.4. The van der Waals surface area contributed by atoms with Crippen LogP contribution in [0.3, 0.4) is 0 Å². The van der Waals surface area contributed by atoms with Crippen LogP contribution in [0.5, 0.6) is 0 Å². The molecule has 1 aliphatic carbocycles. The normalized spacial score (nSPS) is 17.8. The van der Waals surface area contributed by atoms with Crippen LogP contribution in [0.4, 0.5) is 15.0 Å². The highest BCUT2D eigenvalue weighted by molar-refractivity contribution is 5.85. The molecule has 1 amide bonds. The Balaban J connectivity index is 0.00000140. The molecule has 0 atom stereocenters. The standard InChI is InChI=1S/C20H22FN3O2.ClH.H2O/c21-16-3-1-14(2-4-16)15-5-8-22-18(11-15)24-9-6-20(7-10-24)12-17(13-20)23-19(25)26;;/h1-5,8,11,17,23H,6-7,9-10,12-13H2,(H,25,26);1H;1H2. The predicted molar refractivity (Wildman–Crippen MR) is 109 cm³/mol. The highest BCUT2D eigenvalue weighted by Crippen LogP contribution is 2.49. The molecule has 0 unspecified atom stereocenters. The predicted octanol–water partition coefficient (Wildman–Crippen LogP) is 3.50. The van der Waals surface area contributed by atoms with Crippen LogP contribution < -0.4 is 10.2 Å². The summed E-state index contributed by atoms with van der Waals surface area (Å²) in [5, 5.41) is 11.4. The number of rotatable bonds is 3. The van der Waals surface area contributed by atoms with E-state index < -0.39 is 6.09 Å². The van der Waals surface area contributed by atoms with Crippen molar-refractivity contribution in [2.24, 2.45) is 5.41 Å². The number of amides is 1. The van der Waals surface area contributed by atoms with Crippen molar-refractivity contribution in [3.8, 4) is 11.1 Å². The van der Waals surface area contributed by atoms with Gasteiger partial charge in [-0.15, -0.1) is 12.4 Å². The summed E-state index contributed by atoms with van der Waals surface area (Å²) in [6.45, 7) is 1.86. The number of halogens is 2. The summed E-state index contributed by atoms with van der Waals surface area (Å²) in [5.74, 6) is 0.710. The van der Waals surface area contributed by atoms with Gasteiger partial charge in [-0.3, -0.25) is 0 Å². The van der Waals surface area contributed by atoms with Crippen LogP contribution in [0.1, 0.15) is 25.7 Å². The van der Waals surface area contributed by atoms with E-state index in [1.165, 1.54) is 12.1 Å². The third kappa shape index (κ3) is 4.54. The number of hydrogen-bond acceptors (Lipinski definition) is 3. The van der Waals surface area contributed by atoms with Gasteiger partial charge < -0.3 is 20.8 Å². The second-order valence-electron chi connectivity index (χ2n) is 7.45. The smallest absolute Gasteiger partial charge is 0.404 e. The van der Waals surface area contributed by atoms with Crippen molar-refractivity contribution in [3.63, 3.8) is 0 Å². The number of nitrogens with zero attached hydrogens (tertiary/aromatic N) is 2. The third-order valence-corrected chi connectivity index (χ3v) is 5.76. The Hall–Kier alpha value is -2.38. The van der Waals surface area contributed by atoms with Gasteiger partial charge in [0.05, 0.1) is 0 Å². The summed E-state index contributed by atoms with van der Waals surface area (Å²) in [4.78, 5) is 17.5. The lowest BCUT2D eigenvalue weighted by atomic mass is 9.60. The monoisotopic (exact) mass is 409 g/mol. The number of benzene rings is 1. The molecule has 1 spiro atoms. The topological polar surface area (TPSA) is 97.0 Å². The van der Waals surface area contributed by atoms with Crippen LogP contribution in [0.25, 0.3) is 11.1 Å². The largest absolute Gasteiger partial charge is 0.465 e. The van der Waals surface area contributed by atoms with E-state index >= 15 is 0 Å². The fourth-order valence-electron chi connectivity index (χ4n) is 4.29. The lowest BCUT2D eigenvalue weighted by Crippen LogP contribution is -2.54. The summed E-state index contributed by atoms with van der Waals surface area (Å²) in [7, 11) is 0. The molecule has 2 heterocycles. The molecule has 2 aromatic rings. The minimum absolute atomic E-state index is 0. The van der Waals surface area contributed by atoms with Gasteiger partial charge in [0.2, 0.25) is 0 Å². The molecule has 1 aromatic carbocycles. The molecule has 4 N–H and O–H groups in total. The molecule has 1 aromatic heterocycles. The molecule has 4 rings (SSSR count). The van der Waals surface area contributed by atoms with Crippen molar-refractivity contribution in [3.05, 3.63) is 48.4 Å². The fourth-order valence-corrected chi connectivity index (χ4v) is 4.29. The molecule has 1 saturated heterocycles. The number of pyridine rings is 1. The van der Waals surface area contributed by atoms with Gasteiger partial charge in [0.1, 0.15) is 11.6 Å². The van der Waals surface area contributed by atoms with E-state index in [0.29, 0.717) is 0 Å². The molecule has 2 fully saturated rings. The van der Waals surface area contributed by atoms with Crippen LogP contribution in [-0.2, 0) is 0 Å². The third-order valence-electron chi connectivity index (χ3n) is 5.76. The summed E-state index contributed by atoms with van der Waals surface area (Å²) < 4.78 is 13.1. The first-order chi connectivity index (χ1) is 12.5. The van der Waals surface area contributed by atoms with Crippen molar-refractivity contribution < 1.29 is 19.8 Å². The Morgan fingerprint density at radius 1 is 1.14 bits per heavy atom. The average molecular weight is 410 g/mol. The molecule has 1 aliphatic heterocycles. The van der Waals surface area contributed by atoms with Gasteiger partial charge in [-0.2, -0.15) is 0 Å². The van der Waals surface area contributed by atoms with Crippen molar-refractivity contribution >= 4 is 24.3 Å². The highest BCUT2D eigenvalue weighted by Gasteiger charge is 2.46. The van der Waals surface area contributed by atoms with E-state index in [9.17, 15) is 9.18 Å². The van der Waals surface area contributed by atoms with Gasteiger partial charge in [-0.05, 0) is 66.5 Å². The zero-order chi connectivity index (χ0) is 18.1. The van der Waals surface area contributed by atoms with E-state index in [2.05, 4.69) is 21.3 Å². The summed E-state index contributed by atoms with van der Waals surface area (Å²) >= 11 is 0. The Labute approximate surface area is 169 Å². The summed E-state index contributed by atoms with van der Waals surface area (Å²) in [5.41, 5.74) is 2.30. The lowest BCUT2D eigenvalue weighted by Gasteiger charge is -2.52. The minimum Gasteiger partial charge on any atom is -0.465 e. The van der Waals surface area contributed by atoms with Crippen molar-refractivity contribution in [1.82, 2.24) is 10.3 Å². The van der Waals surface area contributed by atoms with Gasteiger partial charge in [0.15, 0.2) is 0 Å². The number of carbonyl (C=O) groups is 1. The summed E-state index contributed by atoms with van der Waals surface area (Å²) in [6.07, 6.45) is 4.88. The van der Waals surface area contributed by atoms with E-state index in [4.69, 9.17) is 5.11 Å². The van der Waals surface area contributed by atoms with Crippen LogP contribution >= 0.6 is 12.4 Å². The molecule has 1 saturated carbocycles. The Morgan fingerprint density at radius 2 is 1.79 bits per heavy atom. The number of piperidine rings is 1. The number of carboxylic acid groups (broad SMARTS) is 1. The second kappa shape index (κ2) is 8.75. The Morgan fingerprint density at radius 3 is 2.39 bits per heavy atom. The molecule has 152 valence electrons. The minimum atomic E-state index is -0.927. The molecule has 8 heteroatoms. The first-order valence-corrected chi connectivity index (χ1v) is 8.99. The van der Waals surface area contributed by atoms with Gasteiger partial charge >= 0.3 is 6.09 Å². The van der Waals surface area contributed by atoms with Crippen molar-refractivity contribution in [2.45, 2.75) is 31.7 Å².